The summed E-state index contributed by atoms with van der Waals surface area (Å²) in [6.45, 7) is 1.51. The maximum Gasteiger partial charge on any atom is 0.146 e. The van der Waals surface area contributed by atoms with Crippen molar-refractivity contribution in [1.82, 2.24) is 4.98 Å². The van der Waals surface area contributed by atoms with Gasteiger partial charge < -0.3 is 16.2 Å². The van der Waals surface area contributed by atoms with Gasteiger partial charge in [-0.05, 0) is 30.0 Å². The lowest BCUT2D eigenvalue weighted by atomic mass is 10.0. The predicted molar refractivity (Wildman–Crippen MR) is 60.3 cm³/mol. The molecule has 0 bridgehead atoms. The number of anilines is 2. The van der Waals surface area contributed by atoms with E-state index in [0.717, 1.165) is 25.0 Å². The summed E-state index contributed by atoms with van der Waals surface area (Å²) in [6.07, 6.45) is 5.68. The number of aromatic nitrogens is 1. The van der Waals surface area contributed by atoms with Gasteiger partial charge in [0.15, 0.2) is 0 Å². The largest absolute Gasteiger partial charge is 0.396 e. The average molecular weight is 205 g/mol. The van der Waals surface area contributed by atoms with Crippen LogP contribution in [0, 0.1) is 0 Å². The Balaban J connectivity index is 2.16. The van der Waals surface area contributed by atoms with Crippen LogP contribution in [0.2, 0.25) is 0 Å². The first-order chi connectivity index (χ1) is 7.27. The minimum atomic E-state index is 0.407. The number of hydrogen-bond acceptors (Lipinski definition) is 4. The van der Waals surface area contributed by atoms with E-state index in [-0.39, 0.29) is 0 Å². The van der Waals surface area contributed by atoms with Crippen LogP contribution in [0.5, 0.6) is 0 Å². The van der Waals surface area contributed by atoms with Gasteiger partial charge in [-0.3, -0.25) is 0 Å². The van der Waals surface area contributed by atoms with Gasteiger partial charge in [0.25, 0.3) is 0 Å². The minimum absolute atomic E-state index is 0.407. The van der Waals surface area contributed by atoms with E-state index in [1.165, 1.54) is 5.57 Å². The molecule has 2 rings (SSSR count). The molecule has 0 spiro atoms. The van der Waals surface area contributed by atoms with E-state index in [9.17, 15) is 0 Å². The van der Waals surface area contributed by atoms with Gasteiger partial charge in [0.1, 0.15) is 5.82 Å². The highest BCUT2D eigenvalue weighted by atomic mass is 16.5. The Morgan fingerprint density at radius 1 is 1.40 bits per heavy atom. The predicted octanol–water partition coefficient (Wildman–Crippen LogP) is 1.14. The Labute approximate surface area is 88.9 Å². The van der Waals surface area contributed by atoms with Crippen LogP contribution in [0.25, 0.3) is 0 Å². The van der Waals surface area contributed by atoms with Crippen LogP contribution in [0.15, 0.2) is 23.9 Å². The molecule has 0 unspecified atom stereocenters. The molecule has 0 aliphatic carbocycles. The van der Waals surface area contributed by atoms with Gasteiger partial charge in [0.05, 0.1) is 18.9 Å². The molecule has 15 heavy (non-hydrogen) atoms. The van der Waals surface area contributed by atoms with Crippen molar-refractivity contribution in [1.29, 1.82) is 0 Å². The molecule has 0 atom stereocenters. The van der Waals surface area contributed by atoms with Crippen LogP contribution < -0.4 is 11.5 Å². The zero-order valence-electron chi connectivity index (χ0n) is 8.57. The molecule has 4 nitrogen and oxygen atoms in total. The third-order valence-electron chi connectivity index (χ3n) is 2.51. The molecule has 0 amide bonds. The molecular formula is C11H15N3O. The van der Waals surface area contributed by atoms with Crippen molar-refractivity contribution in [3.05, 3.63) is 29.5 Å². The van der Waals surface area contributed by atoms with Crippen LogP contribution >= 0.6 is 0 Å². The third kappa shape index (κ3) is 2.27. The number of nitrogens with two attached hydrogens (primary N) is 2. The van der Waals surface area contributed by atoms with Crippen LogP contribution in [0.1, 0.15) is 12.0 Å². The summed E-state index contributed by atoms with van der Waals surface area (Å²) in [6, 6.07) is 1.90. The van der Waals surface area contributed by atoms with Crippen molar-refractivity contribution in [3.8, 4) is 0 Å². The SMILES string of the molecule is Nc1nccc(CC2=CCCOC2)c1N. The molecule has 0 fully saturated rings. The molecular weight excluding hydrogens is 190 g/mol. The maximum atomic E-state index is 5.84. The van der Waals surface area contributed by atoms with Crippen molar-refractivity contribution >= 4 is 11.5 Å². The first kappa shape index (κ1) is 9.98. The van der Waals surface area contributed by atoms with Crippen molar-refractivity contribution in [3.63, 3.8) is 0 Å². The standard InChI is InChI=1S/C11H15N3O/c12-10-9(3-4-14-11(10)13)6-8-2-1-5-15-7-8/h2-4H,1,5-7,12H2,(H2,13,14). The van der Waals surface area contributed by atoms with E-state index in [1.807, 2.05) is 6.07 Å². The first-order valence-electron chi connectivity index (χ1n) is 5.02. The lowest BCUT2D eigenvalue weighted by Crippen LogP contribution is -2.10. The highest BCUT2D eigenvalue weighted by Gasteiger charge is 2.08. The summed E-state index contributed by atoms with van der Waals surface area (Å²) < 4.78 is 5.37. The topological polar surface area (TPSA) is 74.2 Å². The Morgan fingerprint density at radius 3 is 3.00 bits per heavy atom. The van der Waals surface area contributed by atoms with Crippen molar-refractivity contribution in [2.24, 2.45) is 0 Å². The van der Waals surface area contributed by atoms with Gasteiger partial charge in [-0.15, -0.1) is 0 Å². The van der Waals surface area contributed by atoms with Gasteiger partial charge in [-0.2, -0.15) is 0 Å². The molecule has 0 radical (unpaired) electrons. The molecule has 4 N–H and O–H groups in total. The molecule has 1 aliphatic rings. The van der Waals surface area contributed by atoms with Crippen molar-refractivity contribution < 1.29 is 4.74 Å². The second-order valence-corrected chi connectivity index (χ2v) is 3.65. The Hall–Kier alpha value is -1.55. The Morgan fingerprint density at radius 2 is 2.27 bits per heavy atom. The van der Waals surface area contributed by atoms with Crippen molar-refractivity contribution in [2.75, 3.05) is 24.7 Å². The molecule has 1 aliphatic heterocycles. The van der Waals surface area contributed by atoms with Gasteiger partial charge in [0, 0.05) is 6.20 Å². The number of ether oxygens (including phenoxy) is 1. The summed E-state index contributed by atoms with van der Waals surface area (Å²) in [4.78, 5) is 3.93. The summed E-state index contributed by atoms with van der Waals surface area (Å²) in [5.74, 6) is 0.407. The van der Waals surface area contributed by atoms with E-state index >= 15 is 0 Å². The van der Waals surface area contributed by atoms with E-state index in [1.54, 1.807) is 6.20 Å². The summed E-state index contributed by atoms with van der Waals surface area (Å²) >= 11 is 0. The average Bonchev–Trinajstić information content (AvgIpc) is 2.26. The number of nitrogen functional groups attached to an aromatic ring is 2. The van der Waals surface area contributed by atoms with Crippen LogP contribution in [0.4, 0.5) is 11.5 Å². The molecule has 1 aromatic heterocycles. The van der Waals surface area contributed by atoms with Crippen LogP contribution in [-0.2, 0) is 11.2 Å². The van der Waals surface area contributed by atoms with Crippen LogP contribution in [-0.4, -0.2) is 18.2 Å². The summed E-state index contributed by atoms with van der Waals surface area (Å²) in [5, 5.41) is 0. The zero-order valence-corrected chi connectivity index (χ0v) is 8.57. The molecule has 1 aromatic rings. The fraction of sp³-hybridized carbons (Fsp3) is 0.364. The van der Waals surface area contributed by atoms with E-state index in [2.05, 4.69) is 11.1 Å². The highest BCUT2D eigenvalue weighted by Crippen LogP contribution is 2.21. The van der Waals surface area contributed by atoms with Gasteiger partial charge in [-0.25, -0.2) is 4.98 Å². The smallest absolute Gasteiger partial charge is 0.146 e. The first-order valence-corrected chi connectivity index (χ1v) is 5.02. The van der Waals surface area contributed by atoms with E-state index < -0.39 is 0 Å². The highest BCUT2D eigenvalue weighted by molar-refractivity contribution is 5.63. The maximum absolute atomic E-state index is 5.84. The summed E-state index contributed by atoms with van der Waals surface area (Å²) in [5.41, 5.74) is 14.4. The lowest BCUT2D eigenvalue weighted by Gasteiger charge is -2.14. The van der Waals surface area contributed by atoms with Crippen LogP contribution in [0.3, 0.4) is 0 Å². The normalized spacial score (nSPS) is 16.1. The molecule has 2 heterocycles. The fourth-order valence-electron chi connectivity index (χ4n) is 1.66. The fourth-order valence-corrected chi connectivity index (χ4v) is 1.66. The molecule has 0 saturated heterocycles. The second-order valence-electron chi connectivity index (χ2n) is 3.65. The number of nitrogens with zero attached hydrogens (tertiary/aromatic N) is 1. The molecule has 0 aromatic carbocycles. The van der Waals surface area contributed by atoms with Crippen molar-refractivity contribution in [2.45, 2.75) is 12.8 Å². The number of pyridine rings is 1. The Kier molecular flexibility index (Phi) is 2.87. The second kappa shape index (κ2) is 4.31. The monoisotopic (exact) mass is 205 g/mol. The quantitative estimate of drug-likeness (QED) is 0.710. The van der Waals surface area contributed by atoms with E-state index in [0.29, 0.717) is 18.1 Å². The van der Waals surface area contributed by atoms with Gasteiger partial charge in [0.2, 0.25) is 0 Å². The minimum Gasteiger partial charge on any atom is -0.396 e. The summed E-state index contributed by atoms with van der Waals surface area (Å²) in [7, 11) is 0. The molecule has 4 heteroatoms. The zero-order chi connectivity index (χ0) is 10.7. The lowest BCUT2D eigenvalue weighted by molar-refractivity contribution is 0.149. The van der Waals surface area contributed by atoms with E-state index in [4.69, 9.17) is 16.2 Å². The third-order valence-corrected chi connectivity index (χ3v) is 2.51. The molecule has 0 saturated carbocycles. The number of rotatable bonds is 2. The Bertz CT molecular complexity index is 387. The number of hydrogen-bond donors (Lipinski definition) is 2. The molecule has 80 valence electrons. The van der Waals surface area contributed by atoms with Gasteiger partial charge in [-0.1, -0.05) is 6.08 Å². The van der Waals surface area contributed by atoms with Gasteiger partial charge >= 0.3 is 0 Å².